The molecule has 35 heavy (non-hydrogen) atoms. The van der Waals surface area contributed by atoms with E-state index in [2.05, 4.69) is 0 Å². The van der Waals surface area contributed by atoms with Crippen molar-refractivity contribution in [3.8, 4) is 0 Å². The fourth-order valence-corrected chi connectivity index (χ4v) is 3.53. The van der Waals surface area contributed by atoms with Crippen molar-refractivity contribution in [2.24, 2.45) is 11.8 Å². The molecule has 3 atom stereocenters. The van der Waals surface area contributed by atoms with Crippen LogP contribution in [-0.2, 0) is 0 Å². The van der Waals surface area contributed by atoms with Crippen molar-refractivity contribution in [3.63, 3.8) is 0 Å². The van der Waals surface area contributed by atoms with Gasteiger partial charge in [0.05, 0.1) is 18.3 Å². The first kappa shape index (κ1) is 34.5. The summed E-state index contributed by atoms with van der Waals surface area (Å²) in [6.07, 6.45) is -43.2. The Bertz CT molecular complexity index is 638. The van der Waals surface area contributed by atoms with E-state index < -0.39 is 96.8 Å². The van der Waals surface area contributed by atoms with Crippen molar-refractivity contribution in [1.82, 2.24) is 0 Å². The average Bonchev–Trinajstić information content (AvgIpc) is 2.54. The Morgan fingerprint density at radius 2 is 0.914 bits per heavy atom. The summed E-state index contributed by atoms with van der Waals surface area (Å²) in [5.74, 6) is -11.6. The van der Waals surface area contributed by atoms with E-state index in [0.717, 1.165) is 0 Å². The summed E-state index contributed by atoms with van der Waals surface area (Å²) in [5, 5.41) is 0. The van der Waals surface area contributed by atoms with Crippen LogP contribution >= 0.6 is 22.6 Å². The molecule has 0 N–H and O–H groups in total. The molecule has 212 valence electrons. The Kier molecular flexibility index (Phi) is 10.9. The summed E-state index contributed by atoms with van der Waals surface area (Å²) in [6, 6.07) is 0. The monoisotopic (exact) mass is 676 g/mol. The molecule has 0 saturated carbocycles. The lowest BCUT2D eigenvalue weighted by Crippen LogP contribution is -2.56. The quantitative estimate of drug-likeness (QED) is 0.123. The molecule has 19 heteroatoms. The zero-order valence-electron chi connectivity index (χ0n) is 16.7. The maximum Gasteiger partial charge on any atom is 0.431 e. The number of alkyl halides is 19. The topological polar surface area (TPSA) is 0 Å². The molecule has 0 saturated heterocycles. The second-order valence-electron chi connectivity index (χ2n) is 7.68. The van der Waals surface area contributed by atoms with E-state index in [-0.39, 0.29) is 0 Å². The van der Waals surface area contributed by atoms with Gasteiger partial charge < -0.3 is 0 Å². The van der Waals surface area contributed by atoms with Crippen LogP contribution in [0.2, 0.25) is 0 Å². The summed E-state index contributed by atoms with van der Waals surface area (Å²) in [5.41, 5.74) is -6.43. The minimum absolute atomic E-state index is 0.511. The second-order valence-corrected chi connectivity index (χ2v) is 9.18. The molecule has 0 radical (unpaired) electrons. The predicted octanol–water partition coefficient (Wildman–Crippen LogP) is 9.52. The van der Waals surface area contributed by atoms with Gasteiger partial charge in [0.1, 0.15) is 3.92 Å². The number of rotatable bonds is 10. The van der Waals surface area contributed by atoms with Crippen LogP contribution in [0.5, 0.6) is 0 Å². The van der Waals surface area contributed by atoms with Crippen molar-refractivity contribution < 1.29 is 79.0 Å². The molecule has 0 heterocycles. The average molecular weight is 676 g/mol. The molecular formula is C16H15F18I. The van der Waals surface area contributed by atoms with Gasteiger partial charge in [0, 0.05) is 6.42 Å². The molecule has 0 aromatic carbocycles. The predicted molar refractivity (Wildman–Crippen MR) is 91.6 cm³/mol. The van der Waals surface area contributed by atoms with Crippen LogP contribution in [0.4, 0.5) is 79.0 Å². The SMILES string of the molecule is FC(F)(CCCC(CC(CC(I)C(F)(F)F)C(F)(F)F)C(F)(F)F)CC(F)(C(F)(F)F)C(F)(F)F. The summed E-state index contributed by atoms with van der Waals surface area (Å²) >= 11 is 0.511. The lowest BCUT2D eigenvalue weighted by Gasteiger charge is -2.33. The van der Waals surface area contributed by atoms with Crippen molar-refractivity contribution in [1.29, 1.82) is 0 Å². The standard InChI is InChI=1S/C16H15F18I/c17-10(18,6-11(19,15(29,30)31)16(32,33)34)3-1-2-7(12(20,21)22)4-8(13(23,24)25)5-9(35)14(26,27)28/h7-9H,1-6H2. The zero-order chi connectivity index (χ0) is 28.5. The minimum atomic E-state index is -6.88. The molecule has 0 spiro atoms. The molecule has 0 bridgehead atoms. The smallest absolute Gasteiger partial charge is 0.223 e. The molecule has 0 aromatic heterocycles. The van der Waals surface area contributed by atoms with Crippen LogP contribution in [0.15, 0.2) is 0 Å². The summed E-state index contributed by atoms with van der Waals surface area (Å²) in [4.78, 5) is 0. The number of hydrogen-bond donors (Lipinski definition) is 0. The van der Waals surface area contributed by atoms with E-state index >= 15 is 0 Å². The Hall–Kier alpha value is -0.530. The van der Waals surface area contributed by atoms with E-state index in [1.54, 1.807) is 0 Å². The van der Waals surface area contributed by atoms with Gasteiger partial charge in [0.25, 0.3) is 5.92 Å². The summed E-state index contributed by atoms with van der Waals surface area (Å²) < 4.78 is 229. The highest BCUT2D eigenvalue weighted by Gasteiger charge is 2.74. The van der Waals surface area contributed by atoms with E-state index in [1.165, 1.54) is 0 Å². The highest BCUT2D eigenvalue weighted by atomic mass is 127. The van der Waals surface area contributed by atoms with Crippen LogP contribution in [0.25, 0.3) is 0 Å². The molecule has 0 nitrogen and oxygen atoms in total. The molecule has 0 aliphatic heterocycles. The largest absolute Gasteiger partial charge is 0.431 e. The first-order valence-corrected chi connectivity index (χ1v) is 10.3. The van der Waals surface area contributed by atoms with Crippen molar-refractivity contribution >= 4 is 22.6 Å². The van der Waals surface area contributed by atoms with Gasteiger partial charge in [-0.15, -0.1) is 0 Å². The Labute approximate surface area is 198 Å². The lowest BCUT2D eigenvalue weighted by molar-refractivity contribution is -0.354. The summed E-state index contributed by atoms with van der Waals surface area (Å²) in [7, 11) is 0. The second kappa shape index (κ2) is 11.1. The van der Waals surface area contributed by atoms with E-state index in [4.69, 9.17) is 0 Å². The molecule has 0 aliphatic rings. The number of hydrogen-bond acceptors (Lipinski definition) is 0. The molecule has 3 unspecified atom stereocenters. The van der Waals surface area contributed by atoms with Gasteiger partial charge in [0.15, 0.2) is 0 Å². The van der Waals surface area contributed by atoms with Gasteiger partial charge >= 0.3 is 36.6 Å². The first-order chi connectivity index (χ1) is 15.0. The molecular weight excluding hydrogens is 661 g/mol. The maximum absolute atomic E-state index is 13.7. The Morgan fingerprint density at radius 1 is 0.514 bits per heavy atom. The fourth-order valence-electron chi connectivity index (χ4n) is 2.92. The van der Waals surface area contributed by atoms with E-state index in [1.807, 2.05) is 0 Å². The third kappa shape index (κ3) is 10.4. The van der Waals surface area contributed by atoms with E-state index in [9.17, 15) is 79.0 Å². The molecule has 0 aliphatic carbocycles. The fraction of sp³-hybridized carbons (Fsp3) is 1.00. The summed E-state index contributed by atoms with van der Waals surface area (Å²) in [6.45, 7) is 0. The van der Waals surface area contributed by atoms with Crippen molar-refractivity contribution in [2.45, 2.75) is 84.9 Å². The first-order valence-electron chi connectivity index (χ1n) is 9.09. The third-order valence-corrected chi connectivity index (χ3v) is 6.05. The Morgan fingerprint density at radius 3 is 1.23 bits per heavy atom. The van der Waals surface area contributed by atoms with Gasteiger partial charge in [0.2, 0.25) is 0 Å². The van der Waals surface area contributed by atoms with Crippen LogP contribution in [0, 0.1) is 11.8 Å². The van der Waals surface area contributed by atoms with Crippen LogP contribution < -0.4 is 0 Å². The number of halogens is 19. The molecule has 0 aromatic rings. The third-order valence-electron chi connectivity index (χ3n) is 4.84. The van der Waals surface area contributed by atoms with Crippen molar-refractivity contribution in [2.75, 3.05) is 0 Å². The van der Waals surface area contributed by atoms with Gasteiger partial charge in [-0.05, 0) is 25.7 Å². The lowest BCUT2D eigenvalue weighted by atomic mass is 9.85. The van der Waals surface area contributed by atoms with Gasteiger partial charge in [-0.3, -0.25) is 0 Å². The Balaban J connectivity index is 5.57. The zero-order valence-corrected chi connectivity index (χ0v) is 18.8. The normalized spacial score (nSPS) is 17.9. The van der Waals surface area contributed by atoms with Crippen LogP contribution in [0.1, 0.15) is 38.5 Å². The molecule has 0 fully saturated rings. The van der Waals surface area contributed by atoms with Gasteiger partial charge in [-0.2, -0.15) is 65.9 Å². The highest BCUT2D eigenvalue weighted by molar-refractivity contribution is 14.1. The van der Waals surface area contributed by atoms with Crippen molar-refractivity contribution in [3.05, 3.63) is 0 Å². The van der Waals surface area contributed by atoms with Crippen LogP contribution in [-0.4, -0.2) is 46.4 Å². The van der Waals surface area contributed by atoms with E-state index in [0.29, 0.717) is 22.6 Å². The maximum atomic E-state index is 13.7. The highest BCUT2D eigenvalue weighted by Crippen LogP contribution is 2.52. The van der Waals surface area contributed by atoms with Gasteiger partial charge in [-0.1, -0.05) is 22.6 Å². The molecule has 0 rings (SSSR count). The van der Waals surface area contributed by atoms with Gasteiger partial charge in [-0.25, -0.2) is 13.2 Å². The minimum Gasteiger partial charge on any atom is -0.223 e. The van der Waals surface area contributed by atoms with Crippen LogP contribution in [0.3, 0.4) is 0 Å². The molecule has 0 amide bonds.